The van der Waals surface area contributed by atoms with Crippen LogP contribution in [0.15, 0.2) is 0 Å². The number of hydrogen-bond donors (Lipinski definition) is 2. The number of hydrogen-bond acceptors (Lipinski definition) is 4. The summed E-state index contributed by atoms with van der Waals surface area (Å²) in [6.45, 7) is 13.6. The predicted octanol–water partition coefficient (Wildman–Crippen LogP) is 2.22. The number of likely N-dealkylation sites (N-methyl/N-ethyl adjacent to an activating group) is 1. The maximum Gasteiger partial charge on any atom is 0.407 e. The Hall–Kier alpha value is -0.810. The maximum absolute atomic E-state index is 11.4. The molecule has 0 radical (unpaired) electrons. The van der Waals surface area contributed by atoms with E-state index in [1.54, 1.807) is 0 Å². The normalized spacial score (nSPS) is 13.3. The van der Waals surface area contributed by atoms with Crippen molar-refractivity contribution in [2.75, 3.05) is 33.2 Å². The summed E-state index contributed by atoms with van der Waals surface area (Å²) in [5, 5.41) is 6.14. The number of carbonyl (C=O) groups excluding carboxylic acids is 1. The average Bonchev–Trinajstić information content (AvgIpc) is 2.34. The van der Waals surface area contributed by atoms with E-state index in [1.807, 2.05) is 20.8 Å². The van der Waals surface area contributed by atoms with E-state index >= 15 is 0 Å². The molecule has 0 aliphatic rings. The second kappa shape index (κ2) is 10.00. The van der Waals surface area contributed by atoms with Crippen LogP contribution in [-0.2, 0) is 4.74 Å². The molecule has 0 aliphatic carbocycles. The highest BCUT2D eigenvalue weighted by Crippen LogP contribution is 2.06. The number of nitrogens with one attached hydrogen (secondary N) is 2. The van der Waals surface area contributed by atoms with Gasteiger partial charge >= 0.3 is 6.09 Å². The van der Waals surface area contributed by atoms with Gasteiger partial charge in [0, 0.05) is 25.7 Å². The van der Waals surface area contributed by atoms with E-state index in [0.717, 1.165) is 26.1 Å². The highest BCUT2D eigenvalue weighted by molar-refractivity contribution is 5.67. The minimum absolute atomic E-state index is 0.339. The van der Waals surface area contributed by atoms with Crippen molar-refractivity contribution in [3.8, 4) is 0 Å². The van der Waals surface area contributed by atoms with Crippen LogP contribution in [0, 0.1) is 0 Å². The van der Waals surface area contributed by atoms with Crippen LogP contribution in [0.25, 0.3) is 0 Å². The molecular weight excluding hydrogens is 254 g/mol. The van der Waals surface area contributed by atoms with Crippen LogP contribution in [-0.4, -0.2) is 55.9 Å². The molecule has 0 aromatic heterocycles. The number of ether oxygens (including phenoxy) is 1. The molecular formula is C15H33N3O2. The van der Waals surface area contributed by atoms with Crippen molar-refractivity contribution < 1.29 is 9.53 Å². The molecule has 5 heteroatoms. The van der Waals surface area contributed by atoms with Crippen molar-refractivity contribution in [1.29, 1.82) is 0 Å². The first-order valence-corrected chi connectivity index (χ1v) is 7.64. The number of alkyl carbamates (subject to hydrolysis) is 1. The number of nitrogens with zero attached hydrogens (tertiary/aromatic N) is 1. The topological polar surface area (TPSA) is 53.6 Å². The van der Waals surface area contributed by atoms with E-state index in [4.69, 9.17) is 4.74 Å². The Bertz CT molecular complexity index is 264. The standard InChI is InChI=1S/C15H33N3O2/c1-7-13(2)18(6)12-11-16-9-8-10-17-14(19)20-15(3,4)5/h13,16H,7-12H2,1-6H3,(H,17,19). The summed E-state index contributed by atoms with van der Waals surface area (Å²) < 4.78 is 5.16. The van der Waals surface area contributed by atoms with Gasteiger partial charge in [-0.2, -0.15) is 0 Å². The number of amides is 1. The Morgan fingerprint density at radius 2 is 1.90 bits per heavy atom. The Labute approximate surface area is 124 Å². The zero-order valence-corrected chi connectivity index (χ0v) is 14.1. The molecule has 5 nitrogen and oxygen atoms in total. The molecule has 0 saturated carbocycles. The summed E-state index contributed by atoms with van der Waals surface area (Å²) in [6.07, 6.45) is 1.75. The molecule has 2 N–H and O–H groups in total. The van der Waals surface area contributed by atoms with Gasteiger partial charge in [0.1, 0.15) is 5.60 Å². The zero-order valence-electron chi connectivity index (χ0n) is 14.1. The summed E-state index contributed by atoms with van der Waals surface area (Å²) in [6, 6.07) is 0.630. The maximum atomic E-state index is 11.4. The highest BCUT2D eigenvalue weighted by Gasteiger charge is 2.15. The molecule has 0 fully saturated rings. The first-order chi connectivity index (χ1) is 9.26. The fourth-order valence-corrected chi connectivity index (χ4v) is 1.63. The predicted molar refractivity (Wildman–Crippen MR) is 84.1 cm³/mol. The van der Waals surface area contributed by atoms with Crippen LogP contribution in [0.3, 0.4) is 0 Å². The molecule has 1 atom stereocenters. The summed E-state index contributed by atoms with van der Waals surface area (Å²) >= 11 is 0. The van der Waals surface area contributed by atoms with Crippen LogP contribution < -0.4 is 10.6 Å². The first kappa shape index (κ1) is 19.2. The van der Waals surface area contributed by atoms with Crippen molar-refractivity contribution in [3.63, 3.8) is 0 Å². The molecule has 0 spiro atoms. The summed E-state index contributed by atoms with van der Waals surface area (Å²) in [4.78, 5) is 13.7. The molecule has 0 rings (SSSR count). The molecule has 0 heterocycles. The van der Waals surface area contributed by atoms with Crippen LogP contribution in [0.4, 0.5) is 4.79 Å². The molecule has 0 bridgehead atoms. The molecule has 0 saturated heterocycles. The lowest BCUT2D eigenvalue weighted by Gasteiger charge is -2.23. The smallest absolute Gasteiger partial charge is 0.407 e. The fraction of sp³-hybridized carbons (Fsp3) is 0.933. The first-order valence-electron chi connectivity index (χ1n) is 7.64. The summed E-state index contributed by atoms with van der Waals surface area (Å²) in [7, 11) is 2.15. The van der Waals surface area contributed by atoms with Crippen LogP contribution >= 0.6 is 0 Å². The third-order valence-electron chi connectivity index (χ3n) is 3.18. The quantitative estimate of drug-likeness (QED) is 0.639. The summed E-state index contributed by atoms with van der Waals surface area (Å²) in [5.41, 5.74) is -0.428. The van der Waals surface area contributed by atoms with Gasteiger partial charge in [0.25, 0.3) is 0 Å². The Morgan fingerprint density at radius 1 is 1.25 bits per heavy atom. The monoisotopic (exact) mass is 287 g/mol. The Morgan fingerprint density at radius 3 is 2.45 bits per heavy atom. The van der Waals surface area contributed by atoms with Crippen molar-refractivity contribution in [3.05, 3.63) is 0 Å². The van der Waals surface area contributed by atoms with E-state index in [2.05, 4.69) is 36.4 Å². The molecule has 0 aromatic rings. The van der Waals surface area contributed by atoms with Crippen molar-refractivity contribution >= 4 is 6.09 Å². The van der Waals surface area contributed by atoms with Crippen LogP contribution in [0.1, 0.15) is 47.5 Å². The second-order valence-corrected chi connectivity index (χ2v) is 6.27. The van der Waals surface area contributed by atoms with E-state index < -0.39 is 5.60 Å². The van der Waals surface area contributed by atoms with Gasteiger partial charge in [-0.1, -0.05) is 6.92 Å². The lowest BCUT2D eigenvalue weighted by atomic mass is 10.2. The fourth-order valence-electron chi connectivity index (χ4n) is 1.63. The number of carbonyl (C=O) groups is 1. The van der Waals surface area contributed by atoms with Crippen LogP contribution in [0.5, 0.6) is 0 Å². The van der Waals surface area contributed by atoms with Gasteiger partial charge in [-0.3, -0.25) is 0 Å². The Kier molecular flexibility index (Phi) is 9.59. The van der Waals surface area contributed by atoms with Gasteiger partial charge in [-0.25, -0.2) is 4.79 Å². The second-order valence-electron chi connectivity index (χ2n) is 6.27. The molecule has 0 aliphatic heterocycles. The lowest BCUT2D eigenvalue weighted by molar-refractivity contribution is 0.0527. The van der Waals surface area contributed by atoms with E-state index in [9.17, 15) is 4.79 Å². The van der Waals surface area contributed by atoms with Gasteiger partial charge in [-0.15, -0.1) is 0 Å². The lowest BCUT2D eigenvalue weighted by Crippen LogP contribution is -2.36. The van der Waals surface area contributed by atoms with E-state index in [1.165, 1.54) is 6.42 Å². The molecule has 1 amide bonds. The zero-order chi connectivity index (χ0) is 15.6. The third kappa shape index (κ3) is 11.1. The third-order valence-corrected chi connectivity index (χ3v) is 3.18. The molecule has 0 aromatic carbocycles. The van der Waals surface area contributed by atoms with Crippen molar-refractivity contribution in [1.82, 2.24) is 15.5 Å². The van der Waals surface area contributed by atoms with E-state index in [-0.39, 0.29) is 6.09 Å². The average molecular weight is 287 g/mol. The SMILES string of the molecule is CCC(C)N(C)CCNCCCNC(=O)OC(C)(C)C. The van der Waals surface area contributed by atoms with Gasteiger partial charge in [-0.05, 0) is 54.1 Å². The minimum Gasteiger partial charge on any atom is -0.444 e. The van der Waals surface area contributed by atoms with Gasteiger partial charge in [0.2, 0.25) is 0 Å². The minimum atomic E-state index is -0.428. The number of rotatable bonds is 9. The van der Waals surface area contributed by atoms with Crippen molar-refractivity contribution in [2.45, 2.75) is 59.1 Å². The highest BCUT2D eigenvalue weighted by atomic mass is 16.6. The Balaban J connectivity index is 3.43. The molecule has 1 unspecified atom stereocenters. The van der Waals surface area contributed by atoms with Gasteiger partial charge < -0.3 is 20.3 Å². The largest absolute Gasteiger partial charge is 0.444 e. The van der Waals surface area contributed by atoms with E-state index in [0.29, 0.717) is 12.6 Å². The summed E-state index contributed by atoms with van der Waals surface area (Å²) in [5.74, 6) is 0. The van der Waals surface area contributed by atoms with Gasteiger partial charge in [0.05, 0.1) is 0 Å². The van der Waals surface area contributed by atoms with Crippen LogP contribution in [0.2, 0.25) is 0 Å². The van der Waals surface area contributed by atoms with Crippen molar-refractivity contribution in [2.24, 2.45) is 0 Å². The molecule has 120 valence electrons. The molecule has 20 heavy (non-hydrogen) atoms. The van der Waals surface area contributed by atoms with Gasteiger partial charge in [0.15, 0.2) is 0 Å².